The van der Waals surface area contributed by atoms with E-state index in [9.17, 15) is 9.90 Å². The summed E-state index contributed by atoms with van der Waals surface area (Å²) < 4.78 is 1.65. The van der Waals surface area contributed by atoms with Gasteiger partial charge in [0.05, 0.1) is 23.1 Å². The number of aromatic amines is 1. The molecule has 6 nitrogen and oxygen atoms in total. The van der Waals surface area contributed by atoms with Crippen LogP contribution in [0.5, 0.6) is 0 Å². The maximum absolute atomic E-state index is 10.5. The third-order valence-electron chi connectivity index (χ3n) is 2.09. The van der Waals surface area contributed by atoms with E-state index in [1.54, 1.807) is 17.9 Å². The molecule has 2 heterocycles. The van der Waals surface area contributed by atoms with Crippen LogP contribution < -0.4 is 5.11 Å². The lowest BCUT2D eigenvalue weighted by Crippen LogP contribution is -2.22. The van der Waals surface area contributed by atoms with Crippen molar-refractivity contribution in [1.82, 2.24) is 20.0 Å². The van der Waals surface area contributed by atoms with Crippen molar-refractivity contribution in [2.75, 3.05) is 0 Å². The van der Waals surface area contributed by atoms with Crippen molar-refractivity contribution < 1.29 is 9.90 Å². The van der Waals surface area contributed by atoms with Crippen LogP contribution in [0.25, 0.3) is 11.3 Å². The molecule has 0 spiro atoms. The molecular weight excluding hydrogens is 196 g/mol. The molecular formula is C9H9N4O2-. The van der Waals surface area contributed by atoms with Crippen LogP contribution >= 0.6 is 0 Å². The summed E-state index contributed by atoms with van der Waals surface area (Å²) in [5.41, 5.74) is 2.13. The summed E-state index contributed by atoms with van der Waals surface area (Å²) in [6.45, 7) is 1.84. The highest BCUT2D eigenvalue weighted by Gasteiger charge is 2.09. The Morgan fingerprint density at radius 1 is 1.60 bits per heavy atom. The molecule has 2 aromatic heterocycles. The van der Waals surface area contributed by atoms with Crippen molar-refractivity contribution >= 4 is 5.97 Å². The van der Waals surface area contributed by atoms with Gasteiger partial charge in [-0.05, 0) is 13.0 Å². The zero-order valence-corrected chi connectivity index (χ0v) is 8.31. The third-order valence-corrected chi connectivity index (χ3v) is 2.09. The Morgan fingerprint density at radius 2 is 2.33 bits per heavy atom. The summed E-state index contributed by atoms with van der Waals surface area (Å²) in [6.07, 6.45) is 1.78. The van der Waals surface area contributed by atoms with Crippen LogP contribution in [0.3, 0.4) is 0 Å². The maximum atomic E-state index is 10.5. The summed E-state index contributed by atoms with van der Waals surface area (Å²) >= 11 is 0. The zero-order valence-electron chi connectivity index (χ0n) is 8.31. The average Bonchev–Trinajstić information content (AvgIpc) is 2.71. The van der Waals surface area contributed by atoms with Gasteiger partial charge in [-0.15, -0.1) is 0 Å². The average molecular weight is 205 g/mol. The quantitative estimate of drug-likeness (QED) is 0.714. The molecule has 2 aromatic rings. The smallest absolute Gasteiger partial charge is 0.0961 e. The first kappa shape index (κ1) is 9.45. The van der Waals surface area contributed by atoms with Gasteiger partial charge < -0.3 is 9.90 Å². The molecule has 0 bridgehead atoms. The number of carboxylic acid groups (broad SMARTS) is 1. The molecule has 2 rings (SSSR count). The number of aryl methyl sites for hydroxylation is 2. The normalized spacial score (nSPS) is 10.5. The van der Waals surface area contributed by atoms with Gasteiger partial charge in [-0.1, -0.05) is 0 Å². The van der Waals surface area contributed by atoms with Gasteiger partial charge in [-0.3, -0.25) is 9.78 Å². The second-order valence-electron chi connectivity index (χ2n) is 3.26. The summed E-state index contributed by atoms with van der Waals surface area (Å²) in [4.78, 5) is 10.5. The van der Waals surface area contributed by atoms with Gasteiger partial charge in [0.25, 0.3) is 0 Å². The van der Waals surface area contributed by atoms with Crippen molar-refractivity contribution in [3.05, 3.63) is 23.7 Å². The van der Waals surface area contributed by atoms with Gasteiger partial charge in [0, 0.05) is 18.8 Å². The third kappa shape index (κ3) is 1.61. The predicted molar refractivity (Wildman–Crippen MR) is 49.9 cm³/mol. The first-order chi connectivity index (χ1) is 7.08. The van der Waals surface area contributed by atoms with Crippen molar-refractivity contribution in [2.45, 2.75) is 6.92 Å². The molecule has 0 unspecified atom stereocenters. The molecule has 6 heteroatoms. The number of aromatic carboxylic acids is 1. The van der Waals surface area contributed by atoms with E-state index in [1.165, 1.54) is 6.07 Å². The van der Waals surface area contributed by atoms with E-state index >= 15 is 0 Å². The Labute approximate surface area is 85.5 Å². The maximum Gasteiger partial charge on any atom is 0.0961 e. The number of hydrogen-bond donors (Lipinski definition) is 1. The summed E-state index contributed by atoms with van der Waals surface area (Å²) in [6, 6.07) is 1.43. The second-order valence-corrected chi connectivity index (χ2v) is 3.26. The van der Waals surface area contributed by atoms with Crippen LogP contribution in [0.15, 0.2) is 12.3 Å². The van der Waals surface area contributed by atoms with E-state index in [0.717, 1.165) is 11.3 Å². The van der Waals surface area contributed by atoms with Crippen molar-refractivity contribution in [1.29, 1.82) is 0 Å². The largest absolute Gasteiger partial charge is 0.543 e. The number of rotatable bonds is 2. The van der Waals surface area contributed by atoms with Crippen LogP contribution in [0, 0.1) is 6.92 Å². The lowest BCUT2D eigenvalue weighted by Gasteiger charge is -1.92. The zero-order chi connectivity index (χ0) is 11.0. The van der Waals surface area contributed by atoms with Crippen molar-refractivity contribution in [2.24, 2.45) is 7.05 Å². The highest BCUT2D eigenvalue weighted by molar-refractivity contribution is 5.85. The molecule has 0 radical (unpaired) electrons. The van der Waals surface area contributed by atoms with Crippen LogP contribution in [-0.2, 0) is 7.05 Å². The number of carbonyl (C=O) groups is 1. The van der Waals surface area contributed by atoms with Crippen LogP contribution in [0.4, 0.5) is 0 Å². The first-order valence-electron chi connectivity index (χ1n) is 4.35. The molecule has 0 aliphatic heterocycles. The molecule has 0 saturated carbocycles. The number of H-pyrrole nitrogens is 1. The minimum absolute atomic E-state index is 0.0340. The van der Waals surface area contributed by atoms with E-state index in [4.69, 9.17) is 0 Å². The van der Waals surface area contributed by atoms with Gasteiger partial charge in [-0.2, -0.15) is 10.2 Å². The molecule has 1 N–H and O–H groups in total. The Kier molecular flexibility index (Phi) is 2.03. The summed E-state index contributed by atoms with van der Waals surface area (Å²) in [5, 5.41) is 20.9. The number of nitrogens with one attached hydrogen (secondary N) is 1. The Hall–Kier alpha value is -2.11. The van der Waals surface area contributed by atoms with Crippen LogP contribution in [0.2, 0.25) is 0 Å². The number of nitrogens with zero attached hydrogens (tertiary/aromatic N) is 3. The fourth-order valence-electron chi connectivity index (χ4n) is 1.42. The van der Waals surface area contributed by atoms with Crippen molar-refractivity contribution in [3.63, 3.8) is 0 Å². The van der Waals surface area contributed by atoms with E-state index in [0.29, 0.717) is 5.69 Å². The fraction of sp³-hybridized carbons (Fsp3) is 0.222. The standard InChI is InChI=1S/C9H10N4O2/c1-5-6(4-13(2)12-5)7-3-8(9(14)15)11-10-7/h3-4H,1-2H3,(H,10,11)(H,14,15)/p-1. The van der Waals surface area contributed by atoms with Gasteiger partial charge in [-0.25, -0.2) is 0 Å². The fourth-order valence-corrected chi connectivity index (χ4v) is 1.42. The Morgan fingerprint density at radius 3 is 2.80 bits per heavy atom. The number of carboxylic acids is 1. The molecule has 0 aromatic carbocycles. The highest BCUT2D eigenvalue weighted by atomic mass is 16.4. The number of carbonyl (C=O) groups excluding carboxylic acids is 1. The van der Waals surface area contributed by atoms with Crippen LogP contribution in [-0.4, -0.2) is 25.9 Å². The topological polar surface area (TPSA) is 86.6 Å². The monoisotopic (exact) mass is 205 g/mol. The molecule has 0 atom stereocenters. The summed E-state index contributed by atoms with van der Waals surface area (Å²) in [5.74, 6) is -1.27. The Balaban J connectivity index is 2.45. The minimum atomic E-state index is -1.27. The Bertz CT molecular complexity index is 512. The van der Waals surface area contributed by atoms with Crippen molar-refractivity contribution in [3.8, 4) is 11.3 Å². The lowest BCUT2D eigenvalue weighted by atomic mass is 10.2. The van der Waals surface area contributed by atoms with E-state index in [1.807, 2.05) is 6.92 Å². The molecule has 0 amide bonds. The minimum Gasteiger partial charge on any atom is -0.543 e. The highest BCUT2D eigenvalue weighted by Crippen LogP contribution is 2.20. The molecule has 0 aliphatic carbocycles. The SMILES string of the molecule is Cc1nn(C)cc1-c1cc(C(=O)[O-])[nH]n1. The van der Waals surface area contributed by atoms with Gasteiger partial charge in [0.15, 0.2) is 0 Å². The van der Waals surface area contributed by atoms with E-state index in [-0.39, 0.29) is 5.69 Å². The van der Waals surface area contributed by atoms with Crippen LogP contribution in [0.1, 0.15) is 16.2 Å². The molecule has 0 saturated heterocycles. The molecule has 78 valence electrons. The van der Waals surface area contributed by atoms with E-state index in [2.05, 4.69) is 15.3 Å². The molecule has 0 aliphatic rings. The summed E-state index contributed by atoms with van der Waals surface area (Å²) in [7, 11) is 1.79. The molecule has 15 heavy (non-hydrogen) atoms. The predicted octanol–water partition coefficient (Wildman–Crippen LogP) is -0.518. The van der Waals surface area contributed by atoms with Gasteiger partial charge in [0.2, 0.25) is 0 Å². The number of aromatic nitrogens is 4. The first-order valence-corrected chi connectivity index (χ1v) is 4.35. The molecule has 0 fully saturated rings. The van der Waals surface area contributed by atoms with E-state index < -0.39 is 5.97 Å². The van der Waals surface area contributed by atoms with Gasteiger partial charge >= 0.3 is 0 Å². The number of hydrogen-bond acceptors (Lipinski definition) is 4. The van der Waals surface area contributed by atoms with Gasteiger partial charge in [0.1, 0.15) is 0 Å². The lowest BCUT2D eigenvalue weighted by molar-refractivity contribution is -0.255. The second kappa shape index (κ2) is 3.23.